The van der Waals surface area contributed by atoms with Gasteiger partial charge in [0.15, 0.2) is 0 Å². The van der Waals surface area contributed by atoms with Crippen LogP contribution in [0.4, 0.5) is 0 Å². The Morgan fingerprint density at radius 3 is 1.77 bits per heavy atom. The highest BCUT2D eigenvalue weighted by molar-refractivity contribution is 6.37. The molecule has 0 aliphatic carbocycles. The van der Waals surface area contributed by atoms with Crippen LogP contribution in [-0.2, 0) is 9.59 Å². The van der Waals surface area contributed by atoms with Crippen molar-refractivity contribution in [3.05, 3.63) is 0 Å². The number of ketones is 1. The van der Waals surface area contributed by atoms with E-state index < -0.39 is 11.3 Å². The van der Waals surface area contributed by atoms with Gasteiger partial charge in [-0.2, -0.15) is 0 Å². The standard InChI is InChI=1S/C10H19NO2/c1-7(2)10(3,4)8(12)9(13)11(5)6/h7H,1-6H3. The zero-order valence-corrected chi connectivity index (χ0v) is 9.34. The summed E-state index contributed by atoms with van der Waals surface area (Å²) in [6.07, 6.45) is 0. The molecule has 0 unspecified atom stereocenters. The summed E-state index contributed by atoms with van der Waals surface area (Å²) in [4.78, 5) is 24.4. The summed E-state index contributed by atoms with van der Waals surface area (Å²) in [6, 6.07) is 0. The van der Waals surface area contributed by atoms with E-state index in [2.05, 4.69) is 0 Å². The van der Waals surface area contributed by atoms with Gasteiger partial charge >= 0.3 is 0 Å². The van der Waals surface area contributed by atoms with E-state index in [1.165, 1.54) is 4.90 Å². The average molecular weight is 185 g/mol. The second-order valence-corrected chi connectivity index (χ2v) is 4.41. The predicted molar refractivity (Wildman–Crippen MR) is 52.3 cm³/mol. The van der Waals surface area contributed by atoms with E-state index >= 15 is 0 Å². The Labute approximate surface area is 80.1 Å². The lowest BCUT2D eigenvalue weighted by molar-refractivity contribution is -0.148. The molecule has 0 radical (unpaired) electrons. The van der Waals surface area contributed by atoms with Crippen molar-refractivity contribution in [3.8, 4) is 0 Å². The molecule has 0 rings (SSSR count). The number of amides is 1. The third kappa shape index (κ3) is 2.54. The topological polar surface area (TPSA) is 37.4 Å². The van der Waals surface area contributed by atoms with Crippen molar-refractivity contribution in [2.24, 2.45) is 11.3 Å². The number of rotatable bonds is 3. The van der Waals surface area contributed by atoms with Crippen LogP contribution >= 0.6 is 0 Å². The molecule has 0 bridgehead atoms. The van der Waals surface area contributed by atoms with E-state index in [-0.39, 0.29) is 11.7 Å². The highest BCUT2D eigenvalue weighted by Crippen LogP contribution is 2.27. The summed E-state index contributed by atoms with van der Waals surface area (Å²) in [5.74, 6) is -0.560. The molecular formula is C10H19NO2. The molecule has 3 nitrogen and oxygen atoms in total. The van der Waals surface area contributed by atoms with Gasteiger partial charge in [0.05, 0.1) is 0 Å². The molecule has 0 heterocycles. The maximum atomic E-state index is 11.7. The first-order chi connectivity index (χ1) is 5.71. The molecule has 1 amide bonds. The van der Waals surface area contributed by atoms with Gasteiger partial charge in [0.25, 0.3) is 5.91 Å². The molecule has 76 valence electrons. The van der Waals surface area contributed by atoms with E-state index in [0.29, 0.717) is 0 Å². The first-order valence-electron chi connectivity index (χ1n) is 4.47. The lowest BCUT2D eigenvalue weighted by Gasteiger charge is -2.27. The average Bonchev–Trinajstić information content (AvgIpc) is 2.01. The molecule has 0 aromatic carbocycles. The lowest BCUT2D eigenvalue weighted by atomic mass is 9.77. The normalized spacial score (nSPS) is 11.6. The molecule has 0 atom stereocenters. The van der Waals surface area contributed by atoms with Gasteiger partial charge in [0.2, 0.25) is 5.78 Å². The Morgan fingerprint density at radius 1 is 1.15 bits per heavy atom. The fraction of sp³-hybridized carbons (Fsp3) is 0.800. The van der Waals surface area contributed by atoms with Crippen LogP contribution in [0.1, 0.15) is 27.7 Å². The fourth-order valence-electron chi connectivity index (χ4n) is 0.741. The lowest BCUT2D eigenvalue weighted by Crippen LogP contribution is -2.41. The van der Waals surface area contributed by atoms with Gasteiger partial charge in [-0.25, -0.2) is 0 Å². The van der Waals surface area contributed by atoms with Gasteiger partial charge in [-0.15, -0.1) is 0 Å². The van der Waals surface area contributed by atoms with Crippen molar-refractivity contribution in [2.45, 2.75) is 27.7 Å². The Kier molecular flexibility index (Phi) is 3.64. The van der Waals surface area contributed by atoms with Crippen LogP contribution in [0.3, 0.4) is 0 Å². The molecule has 0 N–H and O–H groups in total. The number of Topliss-reactive ketones (excluding diaryl/α,β-unsaturated/α-hetero) is 1. The van der Waals surface area contributed by atoms with Crippen LogP contribution in [-0.4, -0.2) is 30.7 Å². The summed E-state index contributed by atoms with van der Waals surface area (Å²) in [7, 11) is 3.19. The Bertz CT molecular complexity index is 217. The first-order valence-corrected chi connectivity index (χ1v) is 4.47. The minimum absolute atomic E-state index is 0.170. The molecule has 3 heteroatoms. The van der Waals surface area contributed by atoms with Crippen LogP contribution in [0.15, 0.2) is 0 Å². The molecular weight excluding hydrogens is 166 g/mol. The molecule has 0 aromatic heterocycles. The second-order valence-electron chi connectivity index (χ2n) is 4.41. The van der Waals surface area contributed by atoms with Crippen molar-refractivity contribution in [1.29, 1.82) is 0 Å². The zero-order chi connectivity index (χ0) is 10.8. The second kappa shape index (κ2) is 3.90. The Hall–Kier alpha value is -0.860. The molecule has 13 heavy (non-hydrogen) atoms. The van der Waals surface area contributed by atoms with Crippen molar-refractivity contribution in [3.63, 3.8) is 0 Å². The number of hydrogen-bond donors (Lipinski definition) is 0. The van der Waals surface area contributed by atoms with Crippen LogP contribution in [0.2, 0.25) is 0 Å². The van der Waals surface area contributed by atoms with Crippen LogP contribution < -0.4 is 0 Å². The summed E-state index contributed by atoms with van der Waals surface area (Å²) in [5, 5.41) is 0. The number of hydrogen-bond acceptors (Lipinski definition) is 2. The van der Waals surface area contributed by atoms with Crippen molar-refractivity contribution < 1.29 is 9.59 Å². The molecule has 0 saturated carbocycles. The smallest absolute Gasteiger partial charge is 0.290 e. The van der Waals surface area contributed by atoms with Crippen LogP contribution in [0, 0.1) is 11.3 Å². The molecule has 0 spiro atoms. The molecule has 0 aliphatic rings. The number of carbonyl (C=O) groups excluding carboxylic acids is 2. The van der Waals surface area contributed by atoms with Gasteiger partial charge in [-0.1, -0.05) is 27.7 Å². The largest absolute Gasteiger partial charge is 0.342 e. The van der Waals surface area contributed by atoms with Crippen molar-refractivity contribution in [1.82, 2.24) is 4.90 Å². The van der Waals surface area contributed by atoms with Gasteiger partial charge in [-0.3, -0.25) is 9.59 Å². The minimum atomic E-state index is -0.568. The highest BCUT2D eigenvalue weighted by Gasteiger charge is 2.36. The van der Waals surface area contributed by atoms with Crippen LogP contribution in [0.5, 0.6) is 0 Å². The Morgan fingerprint density at radius 2 is 1.54 bits per heavy atom. The number of nitrogens with zero attached hydrogens (tertiary/aromatic N) is 1. The summed E-state index contributed by atoms with van der Waals surface area (Å²) >= 11 is 0. The molecule has 0 saturated heterocycles. The van der Waals surface area contributed by atoms with Gasteiger partial charge in [0, 0.05) is 19.5 Å². The zero-order valence-electron chi connectivity index (χ0n) is 9.34. The van der Waals surface area contributed by atoms with Gasteiger partial charge in [0.1, 0.15) is 0 Å². The number of carbonyl (C=O) groups is 2. The third-order valence-electron chi connectivity index (χ3n) is 2.63. The van der Waals surface area contributed by atoms with Crippen LogP contribution in [0.25, 0.3) is 0 Å². The number of likely N-dealkylation sites (N-methyl/N-ethyl adjacent to an activating group) is 1. The van der Waals surface area contributed by atoms with E-state index in [1.807, 2.05) is 13.8 Å². The van der Waals surface area contributed by atoms with Gasteiger partial charge in [-0.05, 0) is 5.92 Å². The molecule has 0 aliphatic heterocycles. The summed E-state index contributed by atoms with van der Waals surface area (Å²) < 4.78 is 0. The minimum Gasteiger partial charge on any atom is -0.342 e. The third-order valence-corrected chi connectivity index (χ3v) is 2.63. The molecule has 0 fully saturated rings. The maximum absolute atomic E-state index is 11.7. The quantitative estimate of drug-likeness (QED) is 0.622. The molecule has 0 aromatic rings. The van der Waals surface area contributed by atoms with E-state index in [9.17, 15) is 9.59 Å². The van der Waals surface area contributed by atoms with E-state index in [1.54, 1.807) is 27.9 Å². The van der Waals surface area contributed by atoms with E-state index in [4.69, 9.17) is 0 Å². The fourth-order valence-corrected chi connectivity index (χ4v) is 0.741. The van der Waals surface area contributed by atoms with Crippen molar-refractivity contribution >= 4 is 11.7 Å². The van der Waals surface area contributed by atoms with E-state index in [0.717, 1.165) is 0 Å². The monoisotopic (exact) mass is 185 g/mol. The summed E-state index contributed by atoms with van der Waals surface area (Å²) in [5.41, 5.74) is -0.568. The SMILES string of the molecule is CC(C)C(C)(C)C(=O)C(=O)N(C)C. The predicted octanol–water partition coefficient (Wildman–Crippen LogP) is 1.33. The maximum Gasteiger partial charge on any atom is 0.290 e. The first kappa shape index (κ1) is 12.1. The summed E-state index contributed by atoms with van der Waals surface area (Å²) in [6.45, 7) is 7.50. The Balaban J connectivity index is 4.70. The van der Waals surface area contributed by atoms with Crippen molar-refractivity contribution in [2.75, 3.05) is 14.1 Å². The highest BCUT2D eigenvalue weighted by atomic mass is 16.2. The van der Waals surface area contributed by atoms with Gasteiger partial charge < -0.3 is 4.90 Å².